The monoisotopic (exact) mass is 581 g/mol. The molecule has 3 aliphatic carbocycles. The Kier molecular flexibility index (Phi) is 5.69. The van der Waals surface area contributed by atoms with Crippen LogP contribution in [0, 0.1) is 35.0 Å². The standard InChI is InChI=1S/C28H24F5NO5S/c1-36-14-5-4-13-10-16-28(35)7-6-15(37-26(40)39-24-21(32)19(30)18(29)20(31)22(24)33)25-27(28,17(13)23(14)38-25)8-9-34(16)11-12-2-3-12/h4-6,12,16,25,35H,2-3,7-11H2,1H3/t16-,25+,27+,28-/m1/s1. The van der Waals surface area contributed by atoms with E-state index in [1.54, 1.807) is 6.08 Å². The highest BCUT2D eigenvalue weighted by Crippen LogP contribution is 2.65. The van der Waals surface area contributed by atoms with E-state index in [2.05, 4.69) is 4.90 Å². The van der Waals surface area contributed by atoms with Crippen LogP contribution in [-0.4, -0.2) is 53.2 Å². The van der Waals surface area contributed by atoms with E-state index >= 15 is 0 Å². The SMILES string of the molecule is COc1ccc2c3c1O[C@H]1C(OC(=S)Oc4c(F)c(F)c(F)c(F)c4F)=CC[C@@]4(O)[C@@H](C2)N(CC2CC2)CC[C@]314. The van der Waals surface area contributed by atoms with Gasteiger partial charge in [-0.05, 0) is 55.9 Å². The minimum Gasteiger partial charge on any atom is -0.493 e. The van der Waals surface area contributed by atoms with Crippen LogP contribution < -0.4 is 14.2 Å². The largest absolute Gasteiger partial charge is 0.493 e. The molecule has 12 heteroatoms. The van der Waals surface area contributed by atoms with E-state index in [1.165, 1.54) is 20.0 Å². The molecule has 40 heavy (non-hydrogen) atoms. The van der Waals surface area contributed by atoms with Gasteiger partial charge in [0, 0.05) is 36.8 Å². The number of ether oxygens (including phenoxy) is 4. The third kappa shape index (κ3) is 3.35. The third-order valence-electron chi connectivity index (χ3n) is 9.15. The van der Waals surface area contributed by atoms with Crippen LogP contribution in [0.15, 0.2) is 24.0 Å². The molecule has 2 bridgehead atoms. The fraction of sp³-hybridized carbons (Fsp3) is 0.464. The molecule has 1 spiro atoms. The molecule has 1 saturated heterocycles. The van der Waals surface area contributed by atoms with Crippen LogP contribution in [0.1, 0.15) is 36.8 Å². The van der Waals surface area contributed by atoms with E-state index in [0.717, 1.165) is 17.7 Å². The number of thiocarbonyl (C=S) groups is 1. The van der Waals surface area contributed by atoms with Gasteiger partial charge < -0.3 is 24.1 Å². The summed E-state index contributed by atoms with van der Waals surface area (Å²) in [4.78, 5) is 2.36. The van der Waals surface area contributed by atoms with Crippen LogP contribution in [0.2, 0.25) is 0 Å². The van der Waals surface area contributed by atoms with Crippen molar-refractivity contribution < 1.29 is 46.0 Å². The van der Waals surface area contributed by atoms with Gasteiger partial charge in [-0.25, -0.2) is 13.2 Å². The number of piperidine rings is 1. The van der Waals surface area contributed by atoms with Crippen molar-refractivity contribution in [3.05, 3.63) is 64.2 Å². The lowest BCUT2D eigenvalue weighted by atomic mass is 9.50. The number of halogens is 5. The first kappa shape index (κ1) is 26.0. The van der Waals surface area contributed by atoms with Crippen molar-refractivity contribution in [2.24, 2.45) is 5.92 Å². The summed E-state index contributed by atoms with van der Waals surface area (Å²) in [7, 11) is 1.51. The van der Waals surface area contributed by atoms with E-state index in [1.807, 2.05) is 12.1 Å². The number of benzene rings is 2. The molecule has 1 N–H and O–H groups in total. The van der Waals surface area contributed by atoms with E-state index < -0.39 is 57.2 Å². The van der Waals surface area contributed by atoms with Crippen molar-refractivity contribution in [3.63, 3.8) is 0 Å². The molecule has 7 rings (SSSR count). The van der Waals surface area contributed by atoms with Gasteiger partial charge in [-0.2, -0.15) is 8.78 Å². The van der Waals surface area contributed by atoms with E-state index in [9.17, 15) is 27.1 Å². The van der Waals surface area contributed by atoms with Crippen molar-refractivity contribution >= 4 is 17.5 Å². The molecule has 0 radical (unpaired) electrons. The van der Waals surface area contributed by atoms with Gasteiger partial charge in [0.25, 0.3) is 0 Å². The van der Waals surface area contributed by atoms with Gasteiger partial charge >= 0.3 is 5.24 Å². The van der Waals surface area contributed by atoms with E-state index in [-0.39, 0.29) is 18.2 Å². The molecular weight excluding hydrogens is 557 g/mol. The van der Waals surface area contributed by atoms with Gasteiger partial charge in [0.1, 0.15) is 5.76 Å². The molecule has 4 atom stereocenters. The van der Waals surface area contributed by atoms with E-state index in [4.69, 9.17) is 31.2 Å². The quantitative estimate of drug-likeness (QED) is 0.235. The van der Waals surface area contributed by atoms with Gasteiger partial charge in [0.05, 0.1) is 18.1 Å². The second kappa shape index (κ2) is 8.77. The van der Waals surface area contributed by atoms with Gasteiger partial charge in [-0.1, -0.05) is 6.07 Å². The van der Waals surface area contributed by atoms with Crippen molar-refractivity contribution in [2.75, 3.05) is 20.2 Å². The van der Waals surface area contributed by atoms with Gasteiger partial charge in [0.15, 0.2) is 17.6 Å². The van der Waals surface area contributed by atoms with Crippen molar-refractivity contribution in [3.8, 4) is 17.2 Å². The Hall–Kier alpha value is -2.96. The van der Waals surface area contributed by atoms with Crippen LogP contribution in [0.4, 0.5) is 22.0 Å². The zero-order valence-corrected chi connectivity index (χ0v) is 22.1. The summed E-state index contributed by atoms with van der Waals surface area (Å²) in [5.41, 5.74) is -0.316. The fourth-order valence-electron chi connectivity index (χ4n) is 7.19. The van der Waals surface area contributed by atoms with Crippen LogP contribution in [-0.2, 0) is 16.6 Å². The molecule has 2 aromatic carbocycles. The van der Waals surface area contributed by atoms with Crippen LogP contribution >= 0.6 is 12.2 Å². The molecule has 5 aliphatic rings. The predicted octanol–water partition coefficient (Wildman–Crippen LogP) is 4.83. The van der Waals surface area contributed by atoms with Gasteiger partial charge in [-0.15, -0.1) is 0 Å². The highest BCUT2D eigenvalue weighted by molar-refractivity contribution is 7.79. The van der Waals surface area contributed by atoms with Gasteiger partial charge in [0.2, 0.25) is 34.8 Å². The summed E-state index contributed by atoms with van der Waals surface area (Å²) < 4.78 is 91.8. The number of hydrogen-bond acceptors (Lipinski definition) is 7. The minimum atomic E-state index is -2.32. The Labute approximate surface area is 231 Å². The molecule has 2 heterocycles. The molecule has 6 nitrogen and oxygen atoms in total. The Bertz CT molecular complexity index is 1470. The minimum absolute atomic E-state index is 0.110. The Balaban J connectivity index is 1.26. The number of aliphatic hydroxyl groups is 1. The molecule has 2 aromatic rings. The Morgan fingerprint density at radius 3 is 2.45 bits per heavy atom. The molecular formula is C28H24F5NO5S. The second-order valence-corrected chi connectivity index (χ2v) is 11.4. The van der Waals surface area contributed by atoms with Gasteiger partial charge in [-0.3, -0.25) is 4.90 Å². The molecule has 0 unspecified atom stereocenters. The van der Waals surface area contributed by atoms with Crippen molar-refractivity contribution in [2.45, 2.75) is 55.3 Å². The topological polar surface area (TPSA) is 60.4 Å². The number of nitrogens with zero attached hydrogens (tertiary/aromatic N) is 1. The lowest BCUT2D eigenvalue weighted by Gasteiger charge is -2.62. The normalized spacial score (nSPS) is 29.8. The highest BCUT2D eigenvalue weighted by atomic mass is 32.1. The summed E-state index contributed by atoms with van der Waals surface area (Å²) in [6.07, 6.45) is 4.35. The maximum absolute atomic E-state index is 14.2. The summed E-state index contributed by atoms with van der Waals surface area (Å²) in [6, 6.07) is 3.61. The lowest BCUT2D eigenvalue weighted by molar-refractivity contribution is -0.168. The highest BCUT2D eigenvalue weighted by Gasteiger charge is 2.72. The molecule has 2 fully saturated rings. The molecule has 1 saturated carbocycles. The summed E-state index contributed by atoms with van der Waals surface area (Å²) in [6.45, 7) is 1.61. The Morgan fingerprint density at radius 1 is 1.07 bits per heavy atom. The summed E-state index contributed by atoms with van der Waals surface area (Å²) in [5.74, 6) is -10.9. The number of rotatable bonds is 5. The Morgan fingerprint density at radius 2 is 1.77 bits per heavy atom. The van der Waals surface area contributed by atoms with E-state index in [0.29, 0.717) is 36.8 Å². The van der Waals surface area contributed by atoms with Crippen molar-refractivity contribution in [1.29, 1.82) is 0 Å². The summed E-state index contributed by atoms with van der Waals surface area (Å²) >= 11 is 5.02. The van der Waals surface area contributed by atoms with Crippen LogP contribution in [0.3, 0.4) is 0 Å². The molecule has 0 amide bonds. The smallest absolute Gasteiger partial charge is 0.363 e. The van der Waals surface area contributed by atoms with Crippen LogP contribution in [0.25, 0.3) is 0 Å². The average molecular weight is 582 g/mol. The second-order valence-electron chi connectivity index (χ2n) is 11.1. The third-order valence-corrected chi connectivity index (χ3v) is 9.31. The predicted molar refractivity (Wildman–Crippen MR) is 134 cm³/mol. The first-order chi connectivity index (χ1) is 19.1. The zero-order chi connectivity index (χ0) is 28.1. The summed E-state index contributed by atoms with van der Waals surface area (Å²) in [5, 5.41) is 11.6. The number of methoxy groups -OCH3 is 1. The maximum atomic E-state index is 14.2. The number of hydrogen-bond donors (Lipinski definition) is 1. The first-order valence-corrected chi connectivity index (χ1v) is 13.5. The molecule has 212 valence electrons. The molecule has 0 aromatic heterocycles. The first-order valence-electron chi connectivity index (χ1n) is 13.0. The zero-order valence-electron chi connectivity index (χ0n) is 21.2. The average Bonchev–Trinajstić information content (AvgIpc) is 3.69. The fourth-order valence-corrected chi connectivity index (χ4v) is 7.37. The molecule has 2 aliphatic heterocycles. The lowest BCUT2D eigenvalue weighted by Crippen LogP contribution is -2.75. The maximum Gasteiger partial charge on any atom is 0.363 e. The number of likely N-dealkylation sites (tertiary alicyclic amines) is 1. The van der Waals surface area contributed by atoms with Crippen molar-refractivity contribution in [1.82, 2.24) is 4.90 Å². The van der Waals surface area contributed by atoms with Crippen LogP contribution in [0.5, 0.6) is 17.2 Å².